The number of esters is 1. The number of ether oxygens (including phenoxy) is 2. The molecule has 0 bridgehead atoms. The number of carbonyl (C=O) groups excluding carboxylic acids is 2. The lowest BCUT2D eigenvalue weighted by molar-refractivity contribution is -0.157. The quantitative estimate of drug-likeness (QED) is 0.591. The molecule has 0 aromatic rings. The zero-order chi connectivity index (χ0) is 15.3. The Morgan fingerprint density at radius 1 is 1.16 bits per heavy atom. The summed E-state index contributed by atoms with van der Waals surface area (Å²) in [6.07, 6.45) is 0. The van der Waals surface area contributed by atoms with Gasteiger partial charge in [-0.3, -0.25) is 9.59 Å². The van der Waals surface area contributed by atoms with Crippen LogP contribution >= 0.6 is 0 Å². The zero-order valence-electron chi connectivity index (χ0n) is 13.1. The van der Waals surface area contributed by atoms with Crippen molar-refractivity contribution in [2.45, 2.75) is 47.1 Å². The molecular formula is C14H27NO4. The van der Waals surface area contributed by atoms with E-state index in [0.717, 1.165) is 0 Å². The number of hydrogen-bond donors (Lipinski definition) is 1. The van der Waals surface area contributed by atoms with Gasteiger partial charge in [-0.1, -0.05) is 20.8 Å². The van der Waals surface area contributed by atoms with Crippen molar-refractivity contribution in [3.05, 3.63) is 0 Å². The molecule has 0 aliphatic carbocycles. The van der Waals surface area contributed by atoms with E-state index in [1.807, 2.05) is 34.6 Å². The molecule has 0 saturated carbocycles. The van der Waals surface area contributed by atoms with Gasteiger partial charge in [-0.2, -0.15) is 0 Å². The third-order valence-electron chi connectivity index (χ3n) is 2.62. The number of carbonyl (C=O) groups is 2. The molecule has 0 aromatic heterocycles. The number of amides is 1. The molecular weight excluding hydrogens is 246 g/mol. The summed E-state index contributed by atoms with van der Waals surface area (Å²) >= 11 is 0. The molecule has 0 aromatic carbocycles. The second-order valence-electron chi connectivity index (χ2n) is 6.36. The summed E-state index contributed by atoms with van der Waals surface area (Å²) in [5.41, 5.74) is -1.03. The summed E-state index contributed by atoms with van der Waals surface area (Å²) in [5, 5.41) is 2.84. The first kappa shape index (κ1) is 17.9. The Bertz CT molecular complexity index is 318. The van der Waals surface area contributed by atoms with Gasteiger partial charge in [0.05, 0.1) is 18.8 Å². The maximum absolute atomic E-state index is 12.3. The van der Waals surface area contributed by atoms with Crippen LogP contribution in [0.25, 0.3) is 0 Å². The Labute approximate surface area is 116 Å². The van der Waals surface area contributed by atoms with E-state index in [4.69, 9.17) is 9.47 Å². The van der Waals surface area contributed by atoms with Crippen LogP contribution in [-0.2, 0) is 19.1 Å². The normalized spacial score (nSPS) is 13.8. The molecule has 0 spiro atoms. The second-order valence-corrected chi connectivity index (χ2v) is 6.36. The van der Waals surface area contributed by atoms with Gasteiger partial charge in [0.15, 0.2) is 0 Å². The number of rotatable bonds is 6. The van der Waals surface area contributed by atoms with Gasteiger partial charge in [0.2, 0.25) is 5.91 Å². The lowest BCUT2D eigenvalue weighted by Crippen LogP contribution is -2.53. The van der Waals surface area contributed by atoms with E-state index in [1.165, 1.54) is 0 Å². The van der Waals surface area contributed by atoms with E-state index in [-0.39, 0.29) is 12.5 Å². The topological polar surface area (TPSA) is 64.6 Å². The first-order valence-electron chi connectivity index (χ1n) is 6.52. The highest BCUT2D eigenvalue weighted by molar-refractivity contribution is 5.98. The summed E-state index contributed by atoms with van der Waals surface area (Å²) in [7, 11) is 1.57. The van der Waals surface area contributed by atoms with Crippen LogP contribution in [0.1, 0.15) is 41.5 Å². The lowest BCUT2D eigenvalue weighted by Gasteiger charge is -2.32. The van der Waals surface area contributed by atoms with E-state index in [1.54, 1.807) is 14.0 Å². The Morgan fingerprint density at radius 3 is 2.05 bits per heavy atom. The highest BCUT2D eigenvalue weighted by atomic mass is 16.5. The van der Waals surface area contributed by atoms with E-state index >= 15 is 0 Å². The van der Waals surface area contributed by atoms with E-state index in [2.05, 4.69) is 5.32 Å². The minimum atomic E-state index is -0.830. The largest absolute Gasteiger partial charge is 0.465 e. The minimum Gasteiger partial charge on any atom is -0.465 e. The molecule has 0 aliphatic heterocycles. The Balaban J connectivity index is 4.98. The van der Waals surface area contributed by atoms with Crippen LogP contribution in [0.2, 0.25) is 0 Å². The molecule has 0 aliphatic rings. The van der Waals surface area contributed by atoms with E-state index in [9.17, 15) is 9.59 Å². The molecule has 1 amide bonds. The summed E-state index contributed by atoms with van der Waals surface area (Å²) < 4.78 is 10.0. The van der Waals surface area contributed by atoms with Crippen LogP contribution in [0.5, 0.6) is 0 Å². The van der Waals surface area contributed by atoms with Gasteiger partial charge in [0.25, 0.3) is 0 Å². The summed E-state index contributed by atoms with van der Waals surface area (Å²) in [6, 6.07) is 0. The molecule has 1 atom stereocenters. The minimum absolute atomic E-state index is 0.264. The molecule has 0 radical (unpaired) electrons. The average Bonchev–Trinajstić information content (AvgIpc) is 2.13. The number of nitrogens with one attached hydrogen (secondary N) is 1. The maximum atomic E-state index is 12.3. The van der Waals surface area contributed by atoms with Crippen LogP contribution in [0.3, 0.4) is 0 Å². The van der Waals surface area contributed by atoms with Gasteiger partial charge in [0, 0.05) is 7.11 Å². The second kappa shape index (κ2) is 6.89. The Kier molecular flexibility index (Phi) is 6.49. The van der Waals surface area contributed by atoms with Crippen molar-refractivity contribution < 1.29 is 19.1 Å². The van der Waals surface area contributed by atoms with Crippen molar-refractivity contribution in [3.63, 3.8) is 0 Å². The molecule has 5 heteroatoms. The van der Waals surface area contributed by atoms with Crippen molar-refractivity contribution in [1.82, 2.24) is 5.32 Å². The highest BCUT2D eigenvalue weighted by Gasteiger charge is 2.40. The Hall–Kier alpha value is -1.10. The molecule has 0 rings (SSSR count). The fraction of sp³-hybridized carbons (Fsp3) is 0.857. The van der Waals surface area contributed by atoms with Gasteiger partial charge in [-0.15, -0.1) is 0 Å². The number of methoxy groups -OCH3 is 1. The van der Waals surface area contributed by atoms with Crippen molar-refractivity contribution in [3.8, 4) is 0 Å². The maximum Gasteiger partial charge on any atom is 0.319 e. The van der Waals surface area contributed by atoms with Crippen molar-refractivity contribution in [1.29, 1.82) is 0 Å². The third kappa shape index (κ3) is 6.05. The Morgan fingerprint density at radius 2 is 1.68 bits per heavy atom. The van der Waals surface area contributed by atoms with Gasteiger partial charge in [-0.25, -0.2) is 0 Å². The van der Waals surface area contributed by atoms with Crippen LogP contribution in [-0.4, -0.2) is 37.7 Å². The monoisotopic (exact) mass is 273 g/mol. The standard InChI is InChI=1S/C14H27NO4/c1-8-19-12(17)10(13(2,3)4)11(16)15-14(5,6)9-18-7/h10H,8-9H2,1-7H3,(H,15,16). The van der Waals surface area contributed by atoms with Gasteiger partial charge in [0.1, 0.15) is 5.92 Å². The summed E-state index contributed by atoms with van der Waals surface area (Å²) in [6.45, 7) is 11.6. The van der Waals surface area contributed by atoms with Crippen LogP contribution < -0.4 is 5.32 Å². The van der Waals surface area contributed by atoms with Crippen molar-refractivity contribution in [2.24, 2.45) is 11.3 Å². The third-order valence-corrected chi connectivity index (χ3v) is 2.62. The molecule has 5 nitrogen and oxygen atoms in total. The summed E-state index contributed by atoms with van der Waals surface area (Å²) in [4.78, 5) is 24.3. The van der Waals surface area contributed by atoms with E-state index in [0.29, 0.717) is 6.61 Å². The fourth-order valence-corrected chi connectivity index (χ4v) is 1.88. The SMILES string of the molecule is CCOC(=O)C(C(=O)NC(C)(C)COC)C(C)(C)C. The van der Waals surface area contributed by atoms with Crippen molar-refractivity contribution >= 4 is 11.9 Å². The predicted octanol–water partition coefficient (Wildman–Crippen LogP) is 1.75. The van der Waals surface area contributed by atoms with Crippen LogP contribution in [0.15, 0.2) is 0 Å². The molecule has 0 fully saturated rings. The average molecular weight is 273 g/mol. The first-order valence-corrected chi connectivity index (χ1v) is 6.52. The van der Waals surface area contributed by atoms with Crippen LogP contribution in [0, 0.1) is 11.3 Å². The fourth-order valence-electron chi connectivity index (χ4n) is 1.88. The van der Waals surface area contributed by atoms with Crippen LogP contribution in [0.4, 0.5) is 0 Å². The smallest absolute Gasteiger partial charge is 0.319 e. The molecule has 1 N–H and O–H groups in total. The van der Waals surface area contributed by atoms with E-state index < -0.39 is 22.8 Å². The van der Waals surface area contributed by atoms with Gasteiger partial charge in [-0.05, 0) is 26.2 Å². The molecule has 0 heterocycles. The highest BCUT2D eigenvalue weighted by Crippen LogP contribution is 2.28. The molecule has 0 saturated heterocycles. The lowest BCUT2D eigenvalue weighted by atomic mass is 9.79. The molecule has 1 unspecified atom stereocenters. The van der Waals surface area contributed by atoms with Crippen molar-refractivity contribution in [2.75, 3.05) is 20.3 Å². The summed E-state index contributed by atoms with van der Waals surface area (Å²) in [5.74, 6) is -1.64. The van der Waals surface area contributed by atoms with Gasteiger partial charge < -0.3 is 14.8 Å². The first-order chi connectivity index (χ1) is 8.55. The molecule has 112 valence electrons. The number of hydrogen-bond acceptors (Lipinski definition) is 4. The zero-order valence-corrected chi connectivity index (χ0v) is 13.1. The molecule has 19 heavy (non-hydrogen) atoms. The van der Waals surface area contributed by atoms with Gasteiger partial charge >= 0.3 is 5.97 Å². The predicted molar refractivity (Wildman–Crippen MR) is 73.7 cm³/mol.